The molecule has 1 rings (SSSR count). The summed E-state index contributed by atoms with van der Waals surface area (Å²) in [6.07, 6.45) is 0. The Balaban J connectivity index is 3.17. The van der Waals surface area contributed by atoms with Crippen LogP contribution < -0.4 is 4.72 Å². The van der Waals surface area contributed by atoms with Gasteiger partial charge in [-0.15, -0.1) is 0 Å². The molecule has 0 fully saturated rings. The molecule has 2 N–H and O–H groups in total. The first-order chi connectivity index (χ1) is 9.56. The molecule has 0 saturated carbocycles. The number of benzene rings is 1. The minimum Gasteiger partial charge on any atom is -0.478 e. The van der Waals surface area contributed by atoms with Gasteiger partial charge in [-0.3, -0.25) is 0 Å². The molecule has 5 nitrogen and oxygen atoms in total. The summed E-state index contributed by atoms with van der Waals surface area (Å²) in [6, 6.07) is 2.25. The van der Waals surface area contributed by atoms with Crippen LogP contribution in [0.1, 0.15) is 31.1 Å². The fourth-order valence-electron chi connectivity index (χ4n) is 1.47. The predicted molar refractivity (Wildman–Crippen MR) is 82.6 cm³/mol. The number of carbonyl (C=O) groups is 1. The largest absolute Gasteiger partial charge is 0.478 e. The highest BCUT2D eigenvalue weighted by molar-refractivity contribution is 7.89. The molecule has 21 heavy (non-hydrogen) atoms. The van der Waals surface area contributed by atoms with Crippen molar-refractivity contribution >= 4 is 39.2 Å². The fraction of sp³-hybridized carbons (Fsp3) is 0.462. The van der Waals surface area contributed by atoms with Gasteiger partial charge in [0.25, 0.3) is 0 Å². The van der Waals surface area contributed by atoms with Gasteiger partial charge < -0.3 is 5.11 Å². The number of halogens is 2. The predicted octanol–water partition coefficient (Wildman–Crippen LogP) is 3.26. The zero-order chi connectivity index (χ0) is 16.4. The number of hydrogen-bond acceptors (Lipinski definition) is 3. The Morgan fingerprint density at radius 2 is 1.86 bits per heavy atom. The quantitative estimate of drug-likeness (QED) is 0.821. The third kappa shape index (κ3) is 4.57. The molecule has 118 valence electrons. The second-order valence-electron chi connectivity index (χ2n) is 5.14. The number of carboxylic acid groups (broad SMARTS) is 1. The van der Waals surface area contributed by atoms with Gasteiger partial charge in [-0.25, -0.2) is 17.9 Å². The zero-order valence-electron chi connectivity index (χ0n) is 11.9. The maximum Gasteiger partial charge on any atom is 0.337 e. The van der Waals surface area contributed by atoms with Gasteiger partial charge in [-0.05, 0) is 24.0 Å². The maximum atomic E-state index is 12.3. The number of hydrogen-bond donors (Lipinski definition) is 2. The summed E-state index contributed by atoms with van der Waals surface area (Å²) in [6.45, 7) is 6.10. The van der Waals surface area contributed by atoms with Crippen LogP contribution in [-0.4, -0.2) is 26.0 Å². The Morgan fingerprint density at radius 1 is 1.29 bits per heavy atom. The summed E-state index contributed by atoms with van der Waals surface area (Å²) >= 11 is 11.7. The molecule has 1 aromatic rings. The minimum absolute atomic E-state index is 0.00548. The summed E-state index contributed by atoms with van der Waals surface area (Å²) in [4.78, 5) is 10.7. The third-order valence-electron chi connectivity index (χ3n) is 3.26. The van der Waals surface area contributed by atoms with Gasteiger partial charge in [0.2, 0.25) is 10.0 Å². The summed E-state index contributed by atoms with van der Waals surface area (Å²) in [5, 5.41) is 8.66. The van der Waals surface area contributed by atoms with Crippen molar-refractivity contribution in [1.82, 2.24) is 4.72 Å². The van der Waals surface area contributed by atoms with Crippen molar-refractivity contribution in [2.45, 2.75) is 25.7 Å². The van der Waals surface area contributed by atoms with E-state index in [9.17, 15) is 13.2 Å². The van der Waals surface area contributed by atoms with Crippen LogP contribution in [0.4, 0.5) is 0 Å². The van der Waals surface area contributed by atoms with Crippen molar-refractivity contribution in [3.63, 3.8) is 0 Å². The molecule has 0 aliphatic rings. The van der Waals surface area contributed by atoms with Gasteiger partial charge in [0.15, 0.2) is 0 Å². The van der Waals surface area contributed by atoms with Crippen molar-refractivity contribution < 1.29 is 18.3 Å². The summed E-state index contributed by atoms with van der Waals surface area (Å²) in [7, 11) is -3.93. The summed E-state index contributed by atoms with van der Waals surface area (Å²) in [5.74, 6) is -0.914. The number of carboxylic acids is 1. The Kier molecular flexibility index (Phi) is 6.04. The first-order valence-electron chi connectivity index (χ1n) is 6.28. The Morgan fingerprint density at radius 3 is 2.33 bits per heavy atom. The van der Waals surface area contributed by atoms with E-state index in [1.54, 1.807) is 0 Å². The van der Waals surface area contributed by atoms with Crippen LogP contribution in [0.5, 0.6) is 0 Å². The first-order valence-corrected chi connectivity index (χ1v) is 8.52. The van der Waals surface area contributed by atoms with Crippen LogP contribution >= 0.6 is 23.2 Å². The number of aromatic carboxylic acids is 1. The van der Waals surface area contributed by atoms with Crippen molar-refractivity contribution in [3.8, 4) is 0 Å². The SMILES string of the molecule is CC(C)C(C)CNS(=O)(=O)c1cc(Cl)cc(C(=O)O)c1Cl. The molecule has 0 amide bonds. The van der Waals surface area contributed by atoms with E-state index in [0.29, 0.717) is 5.92 Å². The van der Waals surface area contributed by atoms with E-state index in [1.807, 2.05) is 20.8 Å². The zero-order valence-corrected chi connectivity index (χ0v) is 14.2. The Labute approximate surface area is 134 Å². The Bertz CT molecular complexity index is 644. The lowest BCUT2D eigenvalue weighted by atomic mass is 9.99. The topological polar surface area (TPSA) is 83.5 Å². The molecule has 1 atom stereocenters. The number of sulfonamides is 1. The van der Waals surface area contributed by atoms with E-state index >= 15 is 0 Å². The molecule has 0 heterocycles. The van der Waals surface area contributed by atoms with E-state index in [1.165, 1.54) is 0 Å². The van der Waals surface area contributed by atoms with E-state index in [2.05, 4.69) is 4.72 Å². The van der Waals surface area contributed by atoms with Gasteiger partial charge in [-0.1, -0.05) is 44.0 Å². The molecule has 0 aromatic heterocycles. The average molecular weight is 354 g/mol. The second-order valence-corrected chi connectivity index (χ2v) is 7.69. The van der Waals surface area contributed by atoms with Crippen LogP contribution in [0.25, 0.3) is 0 Å². The number of nitrogens with one attached hydrogen (secondary N) is 1. The van der Waals surface area contributed by atoms with Crippen molar-refractivity contribution in [1.29, 1.82) is 0 Å². The molecule has 0 saturated heterocycles. The van der Waals surface area contributed by atoms with Crippen LogP contribution in [0.3, 0.4) is 0 Å². The highest BCUT2D eigenvalue weighted by Crippen LogP contribution is 2.29. The molecule has 0 spiro atoms. The van der Waals surface area contributed by atoms with Crippen molar-refractivity contribution in [2.75, 3.05) is 6.54 Å². The standard InChI is InChI=1S/C13H17Cl2NO4S/c1-7(2)8(3)6-16-21(19,20)11-5-9(14)4-10(12(11)15)13(17)18/h4-5,7-8,16H,6H2,1-3H3,(H,17,18). The van der Waals surface area contributed by atoms with E-state index < -0.39 is 16.0 Å². The fourth-order valence-corrected chi connectivity index (χ4v) is 3.51. The second kappa shape index (κ2) is 6.96. The minimum atomic E-state index is -3.93. The summed E-state index contributed by atoms with van der Waals surface area (Å²) in [5.41, 5.74) is -0.346. The van der Waals surface area contributed by atoms with Crippen LogP contribution in [0.15, 0.2) is 17.0 Å². The van der Waals surface area contributed by atoms with Crippen LogP contribution in [0.2, 0.25) is 10.0 Å². The third-order valence-corrected chi connectivity index (χ3v) is 5.44. The van der Waals surface area contributed by atoms with Crippen LogP contribution in [-0.2, 0) is 10.0 Å². The lowest BCUT2D eigenvalue weighted by molar-refractivity contribution is 0.0697. The smallest absolute Gasteiger partial charge is 0.337 e. The molecule has 8 heteroatoms. The van der Waals surface area contributed by atoms with E-state index in [-0.39, 0.29) is 33.0 Å². The monoisotopic (exact) mass is 353 g/mol. The lowest BCUT2D eigenvalue weighted by Crippen LogP contribution is -2.30. The molecular formula is C13H17Cl2NO4S. The molecule has 0 bridgehead atoms. The van der Waals surface area contributed by atoms with Gasteiger partial charge >= 0.3 is 5.97 Å². The molecule has 0 aliphatic heterocycles. The van der Waals surface area contributed by atoms with Gasteiger partial charge in [0.1, 0.15) is 4.90 Å². The highest BCUT2D eigenvalue weighted by Gasteiger charge is 2.24. The normalized spacial score (nSPS) is 13.4. The van der Waals surface area contributed by atoms with Crippen LogP contribution in [0, 0.1) is 11.8 Å². The van der Waals surface area contributed by atoms with Gasteiger partial charge in [-0.2, -0.15) is 0 Å². The highest BCUT2D eigenvalue weighted by atomic mass is 35.5. The first kappa shape index (κ1) is 18.2. The van der Waals surface area contributed by atoms with Crippen molar-refractivity contribution in [3.05, 3.63) is 27.7 Å². The average Bonchev–Trinajstić information content (AvgIpc) is 2.37. The molecule has 0 radical (unpaired) electrons. The molecule has 0 aliphatic carbocycles. The molecule has 1 aromatic carbocycles. The summed E-state index contributed by atoms with van der Waals surface area (Å²) < 4.78 is 26.9. The lowest BCUT2D eigenvalue weighted by Gasteiger charge is -2.17. The van der Waals surface area contributed by atoms with E-state index in [0.717, 1.165) is 12.1 Å². The molecular weight excluding hydrogens is 337 g/mol. The number of rotatable bonds is 6. The maximum absolute atomic E-state index is 12.3. The van der Waals surface area contributed by atoms with Gasteiger partial charge in [0.05, 0.1) is 10.6 Å². The van der Waals surface area contributed by atoms with Crippen molar-refractivity contribution in [2.24, 2.45) is 11.8 Å². The van der Waals surface area contributed by atoms with E-state index in [4.69, 9.17) is 28.3 Å². The van der Waals surface area contributed by atoms with Gasteiger partial charge in [0, 0.05) is 11.6 Å². The molecule has 1 unspecified atom stereocenters. The Hall–Kier alpha value is -0.820.